The third-order valence-electron chi connectivity index (χ3n) is 4.46. The molecule has 2 aromatic carbocycles. The molecule has 144 valence electrons. The molecule has 1 amide bonds. The van der Waals surface area contributed by atoms with Gasteiger partial charge in [-0.2, -0.15) is 0 Å². The second-order valence-corrected chi connectivity index (χ2v) is 8.16. The highest BCUT2D eigenvalue weighted by molar-refractivity contribution is 7.99. The van der Waals surface area contributed by atoms with E-state index in [1.165, 1.54) is 17.8 Å². The highest BCUT2D eigenvalue weighted by Gasteiger charge is 2.34. The van der Waals surface area contributed by atoms with Crippen LogP contribution in [0.4, 0.5) is 4.39 Å². The molecule has 1 aliphatic rings. The number of nitrogens with one attached hydrogen (secondary N) is 1. The van der Waals surface area contributed by atoms with Crippen LogP contribution < -0.4 is 14.8 Å². The molecule has 2 aromatic rings. The summed E-state index contributed by atoms with van der Waals surface area (Å²) in [5, 5.41) is 3.09. The SMILES string of the molecule is COc1ccc2c(c1)OC(C)(C)CC2NC(=O)CSCc1ccccc1F. The zero-order valence-electron chi connectivity index (χ0n) is 15.8. The summed E-state index contributed by atoms with van der Waals surface area (Å²) in [5.41, 5.74) is 1.17. The minimum atomic E-state index is -0.391. The van der Waals surface area contributed by atoms with E-state index in [1.54, 1.807) is 25.3 Å². The van der Waals surface area contributed by atoms with Crippen LogP contribution in [0.3, 0.4) is 0 Å². The van der Waals surface area contributed by atoms with Gasteiger partial charge in [0.2, 0.25) is 5.91 Å². The number of halogens is 1. The first-order valence-corrected chi connectivity index (χ1v) is 10.0. The molecule has 27 heavy (non-hydrogen) atoms. The Hall–Kier alpha value is -2.21. The van der Waals surface area contributed by atoms with Gasteiger partial charge in [-0.1, -0.05) is 18.2 Å². The molecule has 1 unspecified atom stereocenters. The predicted octanol–water partition coefficient (Wildman–Crippen LogP) is 4.49. The van der Waals surface area contributed by atoms with Crippen molar-refractivity contribution in [1.29, 1.82) is 0 Å². The molecular formula is C21H24FNO3S. The lowest BCUT2D eigenvalue weighted by atomic mass is 9.89. The second kappa shape index (κ2) is 8.21. The van der Waals surface area contributed by atoms with Crippen molar-refractivity contribution in [2.45, 2.75) is 37.7 Å². The molecule has 0 fully saturated rings. The topological polar surface area (TPSA) is 47.6 Å². The van der Waals surface area contributed by atoms with Crippen molar-refractivity contribution in [3.8, 4) is 11.5 Å². The van der Waals surface area contributed by atoms with Crippen LogP contribution >= 0.6 is 11.8 Å². The van der Waals surface area contributed by atoms with Gasteiger partial charge in [0.25, 0.3) is 0 Å². The van der Waals surface area contributed by atoms with Gasteiger partial charge in [-0.3, -0.25) is 4.79 Å². The van der Waals surface area contributed by atoms with Crippen molar-refractivity contribution in [3.05, 3.63) is 59.4 Å². The van der Waals surface area contributed by atoms with Gasteiger partial charge in [-0.25, -0.2) is 4.39 Å². The zero-order chi connectivity index (χ0) is 19.4. The van der Waals surface area contributed by atoms with Gasteiger partial charge < -0.3 is 14.8 Å². The van der Waals surface area contributed by atoms with Crippen LogP contribution in [-0.2, 0) is 10.5 Å². The lowest BCUT2D eigenvalue weighted by Gasteiger charge is -2.38. The highest BCUT2D eigenvalue weighted by Crippen LogP contribution is 2.41. The molecule has 6 heteroatoms. The highest BCUT2D eigenvalue weighted by atomic mass is 32.2. The van der Waals surface area contributed by atoms with E-state index in [1.807, 2.05) is 32.0 Å². The van der Waals surface area contributed by atoms with E-state index in [4.69, 9.17) is 9.47 Å². The van der Waals surface area contributed by atoms with Crippen molar-refractivity contribution in [2.24, 2.45) is 0 Å². The smallest absolute Gasteiger partial charge is 0.230 e. The number of carbonyl (C=O) groups is 1. The first-order valence-electron chi connectivity index (χ1n) is 8.85. The van der Waals surface area contributed by atoms with Crippen LogP contribution in [0.5, 0.6) is 11.5 Å². The minimum Gasteiger partial charge on any atom is -0.497 e. The molecule has 1 heterocycles. The fourth-order valence-corrected chi connectivity index (χ4v) is 4.02. The van der Waals surface area contributed by atoms with E-state index >= 15 is 0 Å². The molecule has 0 bridgehead atoms. The lowest BCUT2D eigenvalue weighted by Crippen LogP contribution is -2.41. The number of amides is 1. The van der Waals surface area contributed by atoms with Crippen LogP contribution in [0.25, 0.3) is 0 Å². The first-order chi connectivity index (χ1) is 12.9. The quantitative estimate of drug-likeness (QED) is 0.791. The standard InChI is InChI=1S/C21H24FNO3S/c1-21(2)11-18(16-9-8-15(25-3)10-19(16)26-21)23-20(24)13-27-12-14-6-4-5-7-17(14)22/h4-10,18H,11-13H2,1-3H3,(H,23,24). The normalized spacial score (nSPS) is 17.6. The molecule has 0 saturated heterocycles. The Bertz CT molecular complexity index is 825. The Morgan fingerprint density at radius 3 is 2.85 bits per heavy atom. The Morgan fingerprint density at radius 1 is 1.33 bits per heavy atom. The van der Waals surface area contributed by atoms with Crippen molar-refractivity contribution in [3.63, 3.8) is 0 Å². The van der Waals surface area contributed by atoms with E-state index in [2.05, 4.69) is 5.32 Å². The minimum absolute atomic E-state index is 0.0687. The predicted molar refractivity (Wildman–Crippen MR) is 106 cm³/mol. The lowest BCUT2D eigenvalue weighted by molar-refractivity contribution is -0.119. The number of rotatable bonds is 6. The molecule has 1 N–H and O–H groups in total. The van der Waals surface area contributed by atoms with Gasteiger partial charge in [0.05, 0.1) is 18.9 Å². The third kappa shape index (κ3) is 4.95. The largest absolute Gasteiger partial charge is 0.497 e. The van der Waals surface area contributed by atoms with Gasteiger partial charge in [-0.05, 0) is 37.6 Å². The van der Waals surface area contributed by atoms with Gasteiger partial charge in [0.1, 0.15) is 22.9 Å². The van der Waals surface area contributed by atoms with E-state index in [9.17, 15) is 9.18 Å². The maximum atomic E-state index is 13.7. The maximum absolute atomic E-state index is 13.7. The molecule has 1 atom stereocenters. The average molecular weight is 389 g/mol. The van der Waals surface area contributed by atoms with Crippen LogP contribution in [0.15, 0.2) is 42.5 Å². The monoisotopic (exact) mass is 389 g/mol. The van der Waals surface area contributed by atoms with Crippen molar-refractivity contribution >= 4 is 17.7 Å². The Morgan fingerprint density at radius 2 is 2.11 bits per heavy atom. The number of benzene rings is 2. The summed E-state index contributed by atoms with van der Waals surface area (Å²) in [4.78, 5) is 12.4. The number of thioether (sulfide) groups is 1. The molecule has 0 aliphatic carbocycles. The summed E-state index contributed by atoms with van der Waals surface area (Å²) in [6.45, 7) is 4.00. The Kier molecular flexibility index (Phi) is 5.95. The summed E-state index contributed by atoms with van der Waals surface area (Å²) in [6.07, 6.45) is 0.677. The van der Waals surface area contributed by atoms with Crippen molar-refractivity contribution in [2.75, 3.05) is 12.9 Å². The summed E-state index contributed by atoms with van der Waals surface area (Å²) < 4.78 is 25.0. The van der Waals surface area contributed by atoms with Crippen LogP contribution in [0.2, 0.25) is 0 Å². The Labute approximate surface area is 163 Å². The van der Waals surface area contributed by atoms with Crippen LogP contribution in [0, 0.1) is 5.82 Å². The summed E-state index contributed by atoms with van der Waals surface area (Å²) in [6, 6.07) is 12.2. The fraction of sp³-hybridized carbons (Fsp3) is 0.381. The zero-order valence-corrected chi connectivity index (χ0v) is 16.6. The van der Waals surface area contributed by atoms with Crippen molar-refractivity contribution < 1.29 is 18.7 Å². The number of ether oxygens (including phenoxy) is 2. The van der Waals surface area contributed by atoms with Crippen LogP contribution in [0.1, 0.15) is 37.4 Å². The van der Waals surface area contributed by atoms with Gasteiger partial charge >= 0.3 is 0 Å². The molecule has 1 aliphatic heterocycles. The second-order valence-electron chi connectivity index (χ2n) is 7.17. The average Bonchev–Trinajstić information content (AvgIpc) is 2.61. The van der Waals surface area contributed by atoms with Gasteiger partial charge in [-0.15, -0.1) is 11.8 Å². The van der Waals surface area contributed by atoms with E-state index in [-0.39, 0.29) is 23.5 Å². The number of carbonyl (C=O) groups excluding carboxylic acids is 1. The molecule has 4 nitrogen and oxygen atoms in total. The molecular weight excluding hydrogens is 365 g/mol. The molecule has 0 radical (unpaired) electrons. The van der Waals surface area contributed by atoms with E-state index in [0.29, 0.717) is 17.7 Å². The Balaban J connectivity index is 1.63. The van der Waals surface area contributed by atoms with Gasteiger partial charge in [0, 0.05) is 23.8 Å². The first kappa shape index (κ1) is 19.5. The number of hydrogen-bond acceptors (Lipinski definition) is 4. The van der Waals surface area contributed by atoms with Crippen LogP contribution in [-0.4, -0.2) is 24.4 Å². The third-order valence-corrected chi connectivity index (χ3v) is 5.44. The number of fused-ring (bicyclic) bond motifs is 1. The fourth-order valence-electron chi connectivity index (χ4n) is 3.19. The molecule has 3 rings (SSSR count). The van der Waals surface area contributed by atoms with E-state index < -0.39 is 5.60 Å². The molecule has 0 aromatic heterocycles. The number of hydrogen-bond donors (Lipinski definition) is 1. The van der Waals surface area contributed by atoms with Gasteiger partial charge in [0.15, 0.2) is 0 Å². The molecule has 0 spiro atoms. The van der Waals surface area contributed by atoms with Crippen molar-refractivity contribution in [1.82, 2.24) is 5.32 Å². The summed E-state index contributed by atoms with van der Waals surface area (Å²) >= 11 is 1.40. The maximum Gasteiger partial charge on any atom is 0.230 e. The summed E-state index contributed by atoms with van der Waals surface area (Å²) in [5.74, 6) is 1.89. The van der Waals surface area contributed by atoms with E-state index in [0.717, 1.165) is 17.1 Å². The summed E-state index contributed by atoms with van der Waals surface area (Å²) in [7, 11) is 1.61. The molecule has 0 saturated carbocycles. The number of methoxy groups -OCH3 is 1.